The molecular formula is C22H25N5O3S. The summed E-state index contributed by atoms with van der Waals surface area (Å²) in [4.78, 5) is 21.1. The fourth-order valence-corrected chi connectivity index (χ4v) is 5.28. The molecule has 1 aliphatic carbocycles. The van der Waals surface area contributed by atoms with Crippen molar-refractivity contribution in [3.05, 3.63) is 66.9 Å². The highest BCUT2D eigenvalue weighted by molar-refractivity contribution is 7.89. The van der Waals surface area contributed by atoms with Crippen molar-refractivity contribution in [2.75, 3.05) is 12.4 Å². The molecule has 1 aromatic carbocycles. The van der Waals surface area contributed by atoms with Gasteiger partial charge >= 0.3 is 0 Å². The van der Waals surface area contributed by atoms with Gasteiger partial charge in [0.15, 0.2) is 0 Å². The third-order valence-corrected chi connectivity index (χ3v) is 7.54. The van der Waals surface area contributed by atoms with E-state index in [2.05, 4.69) is 15.3 Å². The van der Waals surface area contributed by atoms with Gasteiger partial charge in [0.25, 0.3) is 5.91 Å². The number of anilines is 1. The molecule has 0 bridgehead atoms. The molecule has 162 valence electrons. The van der Waals surface area contributed by atoms with Crippen LogP contribution in [0.1, 0.15) is 42.5 Å². The Morgan fingerprint density at radius 3 is 2.65 bits per heavy atom. The molecule has 0 atom stereocenters. The quantitative estimate of drug-likeness (QED) is 0.634. The summed E-state index contributed by atoms with van der Waals surface area (Å²) in [6.07, 6.45) is 11.6. The first-order valence-electron chi connectivity index (χ1n) is 10.3. The van der Waals surface area contributed by atoms with Gasteiger partial charge in [-0.05, 0) is 43.2 Å². The maximum Gasteiger partial charge on any atom is 0.255 e. The van der Waals surface area contributed by atoms with Crippen molar-refractivity contribution in [1.29, 1.82) is 0 Å². The molecule has 0 aliphatic heterocycles. The lowest BCUT2D eigenvalue weighted by Gasteiger charge is -2.30. The molecule has 1 fully saturated rings. The average Bonchev–Trinajstić information content (AvgIpc) is 3.35. The number of hydrogen-bond acceptors (Lipinski definition) is 5. The van der Waals surface area contributed by atoms with Gasteiger partial charge in [0.05, 0.1) is 16.8 Å². The Balaban J connectivity index is 1.49. The first-order valence-corrected chi connectivity index (χ1v) is 11.7. The van der Waals surface area contributed by atoms with Gasteiger partial charge in [-0.15, -0.1) is 0 Å². The Morgan fingerprint density at radius 1 is 1.16 bits per heavy atom. The van der Waals surface area contributed by atoms with Crippen LogP contribution in [0.2, 0.25) is 0 Å². The lowest BCUT2D eigenvalue weighted by molar-refractivity contribution is 0.102. The van der Waals surface area contributed by atoms with Crippen molar-refractivity contribution < 1.29 is 13.2 Å². The van der Waals surface area contributed by atoms with E-state index in [1.54, 1.807) is 60.8 Å². The van der Waals surface area contributed by atoms with E-state index < -0.39 is 15.9 Å². The number of hydrogen-bond donors (Lipinski definition) is 1. The van der Waals surface area contributed by atoms with E-state index in [-0.39, 0.29) is 16.5 Å². The topological polar surface area (TPSA) is 97.2 Å². The second kappa shape index (κ2) is 8.99. The summed E-state index contributed by atoms with van der Waals surface area (Å²) < 4.78 is 29.4. The number of carbonyl (C=O) groups excluding carboxylic acids is 1. The molecule has 4 rings (SSSR count). The summed E-state index contributed by atoms with van der Waals surface area (Å²) in [5, 5.41) is 2.77. The van der Waals surface area contributed by atoms with Gasteiger partial charge in [0, 0.05) is 31.0 Å². The highest BCUT2D eigenvalue weighted by atomic mass is 32.2. The van der Waals surface area contributed by atoms with Crippen molar-refractivity contribution in [3.8, 4) is 5.82 Å². The van der Waals surface area contributed by atoms with E-state index in [4.69, 9.17) is 0 Å². The number of pyridine rings is 1. The zero-order valence-electron chi connectivity index (χ0n) is 17.3. The molecule has 0 unspecified atom stereocenters. The number of rotatable bonds is 6. The molecule has 1 amide bonds. The number of benzene rings is 1. The first kappa shape index (κ1) is 21.2. The number of amides is 1. The predicted octanol–water partition coefficient (Wildman–Crippen LogP) is 3.47. The van der Waals surface area contributed by atoms with E-state index in [0.717, 1.165) is 32.1 Å². The van der Waals surface area contributed by atoms with Crippen LogP contribution in [0.3, 0.4) is 0 Å². The number of nitrogens with one attached hydrogen (secondary N) is 1. The smallest absolute Gasteiger partial charge is 0.255 e. The second-order valence-electron chi connectivity index (χ2n) is 7.67. The number of nitrogens with zero attached hydrogens (tertiary/aromatic N) is 4. The molecule has 0 radical (unpaired) electrons. The van der Waals surface area contributed by atoms with Crippen molar-refractivity contribution in [1.82, 2.24) is 18.8 Å². The summed E-state index contributed by atoms with van der Waals surface area (Å²) in [6, 6.07) is 9.66. The van der Waals surface area contributed by atoms with Crippen LogP contribution in [-0.4, -0.2) is 46.3 Å². The van der Waals surface area contributed by atoms with E-state index in [9.17, 15) is 13.2 Å². The van der Waals surface area contributed by atoms with Gasteiger partial charge in [-0.3, -0.25) is 9.36 Å². The fourth-order valence-electron chi connectivity index (χ4n) is 3.82. The number of sulfonamides is 1. The number of imidazole rings is 1. The second-order valence-corrected chi connectivity index (χ2v) is 9.67. The van der Waals surface area contributed by atoms with Gasteiger partial charge in [-0.2, -0.15) is 4.31 Å². The summed E-state index contributed by atoms with van der Waals surface area (Å²) in [6.45, 7) is 0. The molecule has 8 nitrogen and oxygen atoms in total. The molecule has 9 heteroatoms. The third-order valence-electron chi connectivity index (χ3n) is 5.64. The van der Waals surface area contributed by atoms with Gasteiger partial charge in [-0.1, -0.05) is 25.3 Å². The molecule has 0 spiro atoms. The van der Waals surface area contributed by atoms with Gasteiger partial charge in [0.1, 0.15) is 12.1 Å². The lowest BCUT2D eigenvalue weighted by Crippen LogP contribution is -2.38. The highest BCUT2D eigenvalue weighted by Crippen LogP contribution is 2.27. The minimum Gasteiger partial charge on any atom is -0.321 e. The van der Waals surface area contributed by atoms with Crippen LogP contribution < -0.4 is 5.32 Å². The Hall–Kier alpha value is -3.04. The lowest BCUT2D eigenvalue weighted by atomic mass is 9.96. The number of carbonyl (C=O) groups is 1. The summed E-state index contributed by atoms with van der Waals surface area (Å²) in [7, 11) is -2.04. The van der Waals surface area contributed by atoms with Crippen LogP contribution in [0.5, 0.6) is 0 Å². The van der Waals surface area contributed by atoms with Crippen LogP contribution in [-0.2, 0) is 10.0 Å². The third kappa shape index (κ3) is 4.67. The minimum atomic E-state index is -3.67. The molecule has 1 saturated carbocycles. The Bertz CT molecular complexity index is 1140. The molecular weight excluding hydrogens is 414 g/mol. The highest BCUT2D eigenvalue weighted by Gasteiger charge is 2.29. The first-order chi connectivity index (χ1) is 14.9. The molecule has 1 N–H and O–H groups in total. The van der Waals surface area contributed by atoms with Crippen LogP contribution in [0.15, 0.2) is 66.2 Å². The summed E-state index contributed by atoms with van der Waals surface area (Å²) in [5.74, 6) is 0.281. The molecule has 3 aromatic rings. The Morgan fingerprint density at radius 2 is 1.97 bits per heavy atom. The van der Waals surface area contributed by atoms with Crippen LogP contribution >= 0.6 is 0 Å². The predicted molar refractivity (Wildman–Crippen MR) is 118 cm³/mol. The SMILES string of the molecule is CN(C1CCCCC1)S(=O)(=O)c1cccc(C(=O)Nc2ccc(-n3ccnc3)nc2)c1. The van der Waals surface area contributed by atoms with Crippen LogP contribution in [0.4, 0.5) is 5.69 Å². The van der Waals surface area contributed by atoms with Gasteiger partial charge in [0.2, 0.25) is 10.0 Å². The molecule has 2 heterocycles. The van der Waals surface area contributed by atoms with Gasteiger partial charge in [-0.25, -0.2) is 18.4 Å². The van der Waals surface area contributed by atoms with E-state index in [1.807, 2.05) is 0 Å². The van der Waals surface area contributed by atoms with Crippen molar-refractivity contribution in [2.24, 2.45) is 0 Å². The molecule has 1 aliphatic rings. The minimum absolute atomic E-state index is 0.0105. The average molecular weight is 440 g/mol. The van der Waals surface area contributed by atoms with Gasteiger partial charge < -0.3 is 5.32 Å². The summed E-state index contributed by atoms with van der Waals surface area (Å²) >= 11 is 0. The largest absolute Gasteiger partial charge is 0.321 e. The van der Waals surface area contributed by atoms with E-state index in [0.29, 0.717) is 11.5 Å². The normalized spacial score (nSPS) is 15.2. The van der Waals surface area contributed by atoms with Crippen molar-refractivity contribution in [3.63, 3.8) is 0 Å². The van der Waals surface area contributed by atoms with Crippen molar-refractivity contribution >= 4 is 21.6 Å². The zero-order valence-corrected chi connectivity index (χ0v) is 18.1. The standard InChI is InChI=1S/C22H25N5O3S/c1-26(19-7-3-2-4-8-19)31(29,30)20-9-5-6-17(14-20)22(28)25-18-10-11-21(24-15-18)27-13-12-23-16-27/h5-6,9-16,19H,2-4,7-8H2,1H3,(H,25,28). The molecule has 31 heavy (non-hydrogen) atoms. The summed E-state index contributed by atoms with van der Waals surface area (Å²) in [5.41, 5.74) is 0.790. The Labute approximate surface area is 182 Å². The maximum absolute atomic E-state index is 13.1. The fraction of sp³-hybridized carbons (Fsp3) is 0.318. The monoisotopic (exact) mass is 439 g/mol. The van der Waals surface area contributed by atoms with E-state index >= 15 is 0 Å². The maximum atomic E-state index is 13.1. The van der Waals surface area contributed by atoms with Crippen molar-refractivity contribution in [2.45, 2.75) is 43.0 Å². The van der Waals surface area contributed by atoms with Crippen LogP contribution in [0, 0.1) is 0 Å². The molecule has 2 aromatic heterocycles. The zero-order chi connectivity index (χ0) is 21.8. The van der Waals surface area contributed by atoms with Crippen LogP contribution in [0.25, 0.3) is 5.82 Å². The number of aromatic nitrogens is 3. The Kier molecular flexibility index (Phi) is 6.15. The molecule has 0 saturated heterocycles. The van der Waals surface area contributed by atoms with E-state index in [1.165, 1.54) is 16.4 Å².